The molecule has 0 atom stereocenters. The summed E-state index contributed by atoms with van der Waals surface area (Å²) in [6.45, 7) is 1.47. The summed E-state index contributed by atoms with van der Waals surface area (Å²) >= 11 is 0. The Balaban J connectivity index is 1.56. The van der Waals surface area contributed by atoms with Gasteiger partial charge in [-0.1, -0.05) is 67.1 Å². The van der Waals surface area contributed by atoms with E-state index in [1.165, 1.54) is 11.1 Å². The van der Waals surface area contributed by atoms with E-state index in [9.17, 15) is 9.59 Å². The second kappa shape index (κ2) is 9.91. The molecule has 27 heavy (non-hydrogen) atoms. The molecule has 2 amide bonds. The van der Waals surface area contributed by atoms with Crippen LogP contribution in [0.1, 0.15) is 49.1 Å². The third-order valence-electron chi connectivity index (χ3n) is 5.16. The lowest BCUT2D eigenvalue weighted by atomic mass is 9.88. The molecule has 1 fully saturated rings. The Hall–Kier alpha value is -2.62. The predicted molar refractivity (Wildman–Crippen MR) is 107 cm³/mol. The van der Waals surface area contributed by atoms with Crippen LogP contribution < -0.4 is 5.32 Å². The lowest BCUT2D eigenvalue weighted by Gasteiger charge is -2.21. The zero-order valence-electron chi connectivity index (χ0n) is 15.8. The van der Waals surface area contributed by atoms with Crippen molar-refractivity contribution in [2.24, 2.45) is 0 Å². The number of rotatable bonds is 7. The third-order valence-corrected chi connectivity index (χ3v) is 5.16. The molecule has 0 spiro atoms. The molecule has 1 N–H and O–H groups in total. The van der Waals surface area contributed by atoms with Crippen LogP contribution in [-0.4, -0.2) is 36.3 Å². The van der Waals surface area contributed by atoms with Crippen molar-refractivity contribution < 1.29 is 9.59 Å². The molecule has 2 aromatic rings. The van der Waals surface area contributed by atoms with E-state index in [0.29, 0.717) is 19.5 Å². The van der Waals surface area contributed by atoms with Crippen LogP contribution >= 0.6 is 0 Å². The summed E-state index contributed by atoms with van der Waals surface area (Å²) in [7, 11) is 0. The van der Waals surface area contributed by atoms with Gasteiger partial charge in [0.15, 0.2) is 0 Å². The highest BCUT2D eigenvalue weighted by atomic mass is 16.2. The first-order valence-corrected chi connectivity index (χ1v) is 9.88. The Morgan fingerprint density at radius 2 is 1.56 bits per heavy atom. The lowest BCUT2D eigenvalue weighted by molar-refractivity contribution is -0.135. The van der Waals surface area contributed by atoms with Gasteiger partial charge in [0, 0.05) is 25.4 Å². The van der Waals surface area contributed by atoms with E-state index in [4.69, 9.17) is 0 Å². The van der Waals surface area contributed by atoms with Gasteiger partial charge in [-0.2, -0.15) is 0 Å². The Morgan fingerprint density at radius 1 is 0.926 bits per heavy atom. The van der Waals surface area contributed by atoms with Crippen molar-refractivity contribution in [3.63, 3.8) is 0 Å². The Morgan fingerprint density at radius 3 is 2.19 bits per heavy atom. The van der Waals surface area contributed by atoms with Crippen molar-refractivity contribution >= 4 is 11.8 Å². The fourth-order valence-electron chi connectivity index (χ4n) is 3.69. The summed E-state index contributed by atoms with van der Waals surface area (Å²) in [4.78, 5) is 26.1. The van der Waals surface area contributed by atoms with Crippen molar-refractivity contribution in [3.05, 3.63) is 71.8 Å². The molecule has 1 heterocycles. The number of likely N-dealkylation sites (tertiary alicyclic amines) is 1. The fraction of sp³-hybridized carbons (Fsp3) is 0.391. The highest BCUT2D eigenvalue weighted by molar-refractivity contribution is 5.84. The number of benzene rings is 2. The molecule has 1 aliphatic rings. The SMILES string of the molecule is O=C(CN1CCCCCC1=O)NCCC(c1ccccc1)c1ccccc1. The van der Waals surface area contributed by atoms with Gasteiger partial charge in [-0.05, 0) is 30.4 Å². The molecule has 2 aromatic carbocycles. The molecule has 0 unspecified atom stereocenters. The Kier molecular flexibility index (Phi) is 7.03. The van der Waals surface area contributed by atoms with E-state index in [2.05, 4.69) is 53.8 Å². The normalized spacial score (nSPS) is 14.9. The summed E-state index contributed by atoms with van der Waals surface area (Å²) in [6.07, 6.45) is 4.39. The van der Waals surface area contributed by atoms with Gasteiger partial charge in [0.1, 0.15) is 0 Å². The summed E-state index contributed by atoms with van der Waals surface area (Å²) in [5.41, 5.74) is 2.50. The van der Waals surface area contributed by atoms with Gasteiger partial charge < -0.3 is 10.2 Å². The molecule has 142 valence electrons. The van der Waals surface area contributed by atoms with Gasteiger partial charge in [-0.15, -0.1) is 0 Å². The maximum atomic E-state index is 12.3. The standard InChI is InChI=1S/C23H28N2O2/c26-22(18-25-17-9-3-8-14-23(25)27)24-16-15-21(19-10-4-1-5-11-19)20-12-6-2-7-13-20/h1-2,4-7,10-13,21H,3,8-9,14-18H2,(H,24,26). The molecule has 3 rings (SSSR count). The molecule has 0 saturated carbocycles. The van der Waals surface area contributed by atoms with Gasteiger partial charge in [0.2, 0.25) is 11.8 Å². The average Bonchev–Trinajstić information content (AvgIpc) is 2.91. The van der Waals surface area contributed by atoms with Crippen LogP contribution in [-0.2, 0) is 9.59 Å². The zero-order chi connectivity index (χ0) is 18.9. The van der Waals surface area contributed by atoms with Crippen LogP contribution in [0.15, 0.2) is 60.7 Å². The summed E-state index contributed by atoms with van der Waals surface area (Å²) in [5, 5.41) is 3.01. The van der Waals surface area contributed by atoms with E-state index in [1.807, 2.05) is 12.1 Å². The van der Waals surface area contributed by atoms with Gasteiger partial charge in [-0.25, -0.2) is 0 Å². The molecule has 0 aliphatic carbocycles. The van der Waals surface area contributed by atoms with Crippen molar-refractivity contribution in [1.29, 1.82) is 0 Å². The topological polar surface area (TPSA) is 49.4 Å². The van der Waals surface area contributed by atoms with Gasteiger partial charge in [0.25, 0.3) is 0 Å². The maximum absolute atomic E-state index is 12.3. The van der Waals surface area contributed by atoms with E-state index in [0.717, 1.165) is 25.7 Å². The van der Waals surface area contributed by atoms with E-state index in [1.54, 1.807) is 4.90 Å². The fourth-order valence-corrected chi connectivity index (χ4v) is 3.69. The highest BCUT2D eigenvalue weighted by Gasteiger charge is 2.19. The van der Waals surface area contributed by atoms with Crippen molar-refractivity contribution in [2.45, 2.75) is 38.0 Å². The van der Waals surface area contributed by atoms with Gasteiger partial charge in [-0.3, -0.25) is 9.59 Å². The van der Waals surface area contributed by atoms with Crippen molar-refractivity contribution in [3.8, 4) is 0 Å². The molecule has 1 saturated heterocycles. The number of hydrogen-bond acceptors (Lipinski definition) is 2. The highest BCUT2D eigenvalue weighted by Crippen LogP contribution is 2.27. The molecular weight excluding hydrogens is 336 g/mol. The molecule has 0 radical (unpaired) electrons. The van der Waals surface area contributed by atoms with Crippen LogP contribution in [0.2, 0.25) is 0 Å². The average molecular weight is 364 g/mol. The van der Waals surface area contributed by atoms with E-state index >= 15 is 0 Å². The minimum absolute atomic E-state index is 0.0647. The summed E-state index contributed by atoms with van der Waals surface area (Å²) in [5.74, 6) is 0.284. The third kappa shape index (κ3) is 5.68. The first-order valence-electron chi connectivity index (χ1n) is 9.88. The van der Waals surface area contributed by atoms with Crippen LogP contribution in [0.3, 0.4) is 0 Å². The monoisotopic (exact) mass is 364 g/mol. The van der Waals surface area contributed by atoms with Crippen molar-refractivity contribution in [1.82, 2.24) is 10.2 Å². The number of carbonyl (C=O) groups is 2. The van der Waals surface area contributed by atoms with Gasteiger partial charge >= 0.3 is 0 Å². The minimum atomic E-state index is -0.0647. The zero-order valence-corrected chi connectivity index (χ0v) is 15.8. The molecule has 0 bridgehead atoms. The van der Waals surface area contributed by atoms with Gasteiger partial charge in [0.05, 0.1) is 6.54 Å². The number of carbonyl (C=O) groups excluding carboxylic acids is 2. The second-order valence-electron chi connectivity index (χ2n) is 7.14. The number of nitrogens with zero attached hydrogens (tertiary/aromatic N) is 1. The van der Waals surface area contributed by atoms with Crippen LogP contribution in [0.4, 0.5) is 0 Å². The summed E-state index contributed by atoms with van der Waals surface area (Å²) in [6, 6.07) is 20.8. The lowest BCUT2D eigenvalue weighted by Crippen LogP contribution is -2.40. The minimum Gasteiger partial charge on any atom is -0.355 e. The largest absolute Gasteiger partial charge is 0.355 e. The summed E-state index contributed by atoms with van der Waals surface area (Å²) < 4.78 is 0. The Labute approximate surface area is 161 Å². The number of nitrogens with one attached hydrogen (secondary N) is 1. The second-order valence-corrected chi connectivity index (χ2v) is 7.14. The maximum Gasteiger partial charge on any atom is 0.239 e. The molecule has 1 aliphatic heterocycles. The van der Waals surface area contributed by atoms with E-state index in [-0.39, 0.29) is 24.3 Å². The number of hydrogen-bond donors (Lipinski definition) is 1. The van der Waals surface area contributed by atoms with E-state index < -0.39 is 0 Å². The quantitative estimate of drug-likeness (QED) is 0.814. The molecule has 0 aromatic heterocycles. The smallest absolute Gasteiger partial charge is 0.239 e. The molecule has 4 heteroatoms. The Bertz CT molecular complexity index is 691. The van der Waals surface area contributed by atoms with Crippen LogP contribution in [0.25, 0.3) is 0 Å². The molecular formula is C23H28N2O2. The van der Waals surface area contributed by atoms with Crippen molar-refractivity contribution in [2.75, 3.05) is 19.6 Å². The predicted octanol–water partition coefficient (Wildman–Crippen LogP) is 3.73. The first kappa shape index (κ1) is 19.2. The molecule has 4 nitrogen and oxygen atoms in total. The van der Waals surface area contributed by atoms with Crippen LogP contribution in [0.5, 0.6) is 0 Å². The first-order chi connectivity index (χ1) is 13.2. The van der Waals surface area contributed by atoms with Crippen LogP contribution in [0, 0.1) is 0 Å². The number of amides is 2.